The van der Waals surface area contributed by atoms with Gasteiger partial charge in [-0.15, -0.1) is 0 Å². The van der Waals surface area contributed by atoms with Crippen molar-refractivity contribution in [1.82, 2.24) is 15.5 Å². The predicted molar refractivity (Wildman–Crippen MR) is 108 cm³/mol. The smallest absolute Gasteiger partial charge is 0.191 e. The molecule has 1 aromatic rings. The molecule has 0 aromatic heterocycles. The van der Waals surface area contributed by atoms with Crippen molar-refractivity contribution in [2.75, 3.05) is 53.0 Å². The molecule has 2 fully saturated rings. The van der Waals surface area contributed by atoms with E-state index in [0.29, 0.717) is 5.41 Å². The average Bonchev–Trinajstić information content (AvgIpc) is 3.15. The zero-order valence-corrected chi connectivity index (χ0v) is 16.2. The number of guanidine groups is 1. The van der Waals surface area contributed by atoms with Gasteiger partial charge in [0.05, 0.1) is 13.2 Å². The highest BCUT2D eigenvalue weighted by Crippen LogP contribution is 2.40. The van der Waals surface area contributed by atoms with Gasteiger partial charge in [-0.25, -0.2) is 0 Å². The van der Waals surface area contributed by atoms with Crippen LogP contribution in [0.3, 0.4) is 0 Å². The molecule has 0 bridgehead atoms. The summed E-state index contributed by atoms with van der Waals surface area (Å²) in [5, 5.41) is 7.08. The first-order valence-corrected chi connectivity index (χ1v) is 10.1. The standard InChI is InChI=1S/C21H34N4O/c1-22-20(23-11-12-25-13-15-26-16-14-25)24-18-21(9-5-6-10-21)17-19-7-3-2-4-8-19/h2-4,7-8H,5-6,9-18H2,1H3,(H2,22,23,24). The van der Waals surface area contributed by atoms with Crippen LogP contribution < -0.4 is 10.6 Å². The highest BCUT2D eigenvalue weighted by atomic mass is 16.5. The largest absolute Gasteiger partial charge is 0.379 e. The van der Waals surface area contributed by atoms with Crippen LogP contribution in [0.5, 0.6) is 0 Å². The molecule has 0 amide bonds. The maximum absolute atomic E-state index is 5.41. The number of morpholine rings is 1. The van der Waals surface area contributed by atoms with Crippen molar-refractivity contribution >= 4 is 5.96 Å². The lowest BCUT2D eigenvalue weighted by atomic mass is 9.80. The van der Waals surface area contributed by atoms with E-state index in [2.05, 4.69) is 50.9 Å². The minimum Gasteiger partial charge on any atom is -0.379 e. The lowest BCUT2D eigenvalue weighted by Crippen LogP contribution is -2.47. The monoisotopic (exact) mass is 358 g/mol. The number of benzene rings is 1. The summed E-state index contributed by atoms with van der Waals surface area (Å²) in [4.78, 5) is 6.86. The van der Waals surface area contributed by atoms with Gasteiger partial charge >= 0.3 is 0 Å². The second kappa shape index (κ2) is 9.93. The van der Waals surface area contributed by atoms with Crippen molar-refractivity contribution in [1.29, 1.82) is 0 Å². The fourth-order valence-corrected chi connectivity index (χ4v) is 4.22. The molecule has 2 N–H and O–H groups in total. The average molecular weight is 359 g/mol. The van der Waals surface area contributed by atoms with E-state index >= 15 is 0 Å². The summed E-state index contributed by atoms with van der Waals surface area (Å²) in [6, 6.07) is 10.9. The number of aliphatic imine (C=N–C) groups is 1. The van der Waals surface area contributed by atoms with Crippen LogP contribution in [-0.2, 0) is 11.2 Å². The van der Waals surface area contributed by atoms with E-state index in [4.69, 9.17) is 4.74 Å². The number of hydrogen-bond donors (Lipinski definition) is 2. The van der Waals surface area contributed by atoms with Crippen molar-refractivity contribution in [3.63, 3.8) is 0 Å². The summed E-state index contributed by atoms with van der Waals surface area (Å²) in [6.07, 6.45) is 6.46. The van der Waals surface area contributed by atoms with Gasteiger partial charge < -0.3 is 15.4 Å². The quantitative estimate of drug-likeness (QED) is 0.580. The molecular formula is C21H34N4O. The van der Waals surface area contributed by atoms with Crippen LogP contribution in [0.4, 0.5) is 0 Å². The minimum atomic E-state index is 0.364. The fraction of sp³-hybridized carbons (Fsp3) is 0.667. The SMILES string of the molecule is CN=C(NCCN1CCOCC1)NCC1(Cc2ccccc2)CCCC1. The third-order valence-electron chi connectivity index (χ3n) is 5.76. The van der Waals surface area contributed by atoms with E-state index in [9.17, 15) is 0 Å². The second-order valence-electron chi connectivity index (χ2n) is 7.68. The van der Waals surface area contributed by atoms with E-state index in [1.165, 1.54) is 31.2 Å². The molecule has 0 atom stereocenters. The Labute approximate surface area is 158 Å². The van der Waals surface area contributed by atoms with E-state index < -0.39 is 0 Å². The Bertz CT molecular complexity index is 548. The van der Waals surface area contributed by atoms with Crippen LogP contribution in [0.15, 0.2) is 35.3 Å². The normalized spacial score (nSPS) is 20.9. The Morgan fingerprint density at radius 1 is 1.12 bits per heavy atom. The number of ether oxygens (including phenoxy) is 1. The predicted octanol–water partition coefficient (Wildman–Crippen LogP) is 2.29. The molecule has 0 radical (unpaired) electrons. The summed E-state index contributed by atoms with van der Waals surface area (Å²) >= 11 is 0. The van der Waals surface area contributed by atoms with Gasteiger partial charge in [0.15, 0.2) is 5.96 Å². The van der Waals surface area contributed by atoms with E-state index in [1.807, 2.05) is 7.05 Å². The molecule has 1 saturated carbocycles. The number of hydrogen-bond acceptors (Lipinski definition) is 3. The van der Waals surface area contributed by atoms with Crippen LogP contribution in [0.2, 0.25) is 0 Å². The van der Waals surface area contributed by atoms with Gasteiger partial charge in [0.25, 0.3) is 0 Å². The Hall–Kier alpha value is -1.59. The van der Waals surface area contributed by atoms with Crippen molar-refractivity contribution < 1.29 is 4.74 Å². The van der Waals surface area contributed by atoms with E-state index in [-0.39, 0.29) is 0 Å². The van der Waals surface area contributed by atoms with Gasteiger partial charge in [0.2, 0.25) is 0 Å². The third kappa shape index (κ3) is 5.71. The summed E-state index contributed by atoms with van der Waals surface area (Å²) in [7, 11) is 1.86. The van der Waals surface area contributed by atoms with E-state index in [0.717, 1.165) is 58.3 Å². The molecule has 144 valence electrons. The van der Waals surface area contributed by atoms with Crippen LogP contribution >= 0.6 is 0 Å². The third-order valence-corrected chi connectivity index (χ3v) is 5.76. The van der Waals surface area contributed by atoms with Gasteiger partial charge in [-0.2, -0.15) is 0 Å². The molecule has 1 saturated heterocycles. The van der Waals surface area contributed by atoms with Crippen LogP contribution in [-0.4, -0.2) is 63.8 Å². The summed E-state index contributed by atoms with van der Waals surface area (Å²) in [6.45, 7) is 6.75. The maximum Gasteiger partial charge on any atom is 0.191 e. The van der Waals surface area contributed by atoms with Gasteiger partial charge in [-0.05, 0) is 30.2 Å². The molecular weight excluding hydrogens is 324 g/mol. The van der Waals surface area contributed by atoms with Crippen LogP contribution in [0, 0.1) is 5.41 Å². The molecule has 0 spiro atoms. The molecule has 0 unspecified atom stereocenters. The van der Waals surface area contributed by atoms with Crippen LogP contribution in [0.25, 0.3) is 0 Å². The minimum absolute atomic E-state index is 0.364. The van der Waals surface area contributed by atoms with E-state index in [1.54, 1.807) is 0 Å². The molecule has 2 aliphatic rings. The lowest BCUT2D eigenvalue weighted by molar-refractivity contribution is 0.0389. The summed E-state index contributed by atoms with van der Waals surface area (Å²) in [5.74, 6) is 0.928. The maximum atomic E-state index is 5.41. The number of rotatable bonds is 7. The molecule has 26 heavy (non-hydrogen) atoms. The number of nitrogens with one attached hydrogen (secondary N) is 2. The van der Waals surface area contributed by atoms with Gasteiger partial charge in [-0.3, -0.25) is 9.89 Å². The Morgan fingerprint density at radius 2 is 1.85 bits per heavy atom. The highest BCUT2D eigenvalue weighted by molar-refractivity contribution is 5.79. The first-order chi connectivity index (χ1) is 12.8. The van der Waals surface area contributed by atoms with Gasteiger partial charge in [0.1, 0.15) is 0 Å². The summed E-state index contributed by atoms with van der Waals surface area (Å²) in [5.41, 5.74) is 1.81. The zero-order chi connectivity index (χ0) is 18.1. The molecule has 1 aliphatic heterocycles. The van der Waals surface area contributed by atoms with Crippen molar-refractivity contribution in [2.24, 2.45) is 10.4 Å². The van der Waals surface area contributed by atoms with Gasteiger partial charge in [0, 0.05) is 39.8 Å². The second-order valence-corrected chi connectivity index (χ2v) is 7.68. The van der Waals surface area contributed by atoms with Crippen molar-refractivity contribution in [2.45, 2.75) is 32.1 Å². The molecule has 5 nitrogen and oxygen atoms in total. The molecule has 3 rings (SSSR count). The molecule has 1 aromatic carbocycles. The Balaban J connectivity index is 1.46. The number of nitrogens with zero attached hydrogens (tertiary/aromatic N) is 2. The molecule has 1 heterocycles. The highest BCUT2D eigenvalue weighted by Gasteiger charge is 2.34. The molecule has 1 aliphatic carbocycles. The van der Waals surface area contributed by atoms with Gasteiger partial charge in [-0.1, -0.05) is 43.2 Å². The fourth-order valence-electron chi connectivity index (χ4n) is 4.22. The lowest BCUT2D eigenvalue weighted by Gasteiger charge is -2.31. The van der Waals surface area contributed by atoms with Crippen LogP contribution in [0.1, 0.15) is 31.2 Å². The topological polar surface area (TPSA) is 48.9 Å². The first kappa shape index (κ1) is 19.2. The zero-order valence-electron chi connectivity index (χ0n) is 16.2. The summed E-state index contributed by atoms with van der Waals surface area (Å²) < 4.78 is 5.41. The van der Waals surface area contributed by atoms with Crippen molar-refractivity contribution in [3.05, 3.63) is 35.9 Å². The Morgan fingerprint density at radius 3 is 2.54 bits per heavy atom. The Kier molecular flexibility index (Phi) is 7.32. The molecule has 5 heteroatoms. The first-order valence-electron chi connectivity index (χ1n) is 10.1. The van der Waals surface area contributed by atoms with Crippen molar-refractivity contribution in [3.8, 4) is 0 Å².